The lowest BCUT2D eigenvalue weighted by Gasteiger charge is -2.33. The second-order valence-corrected chi connectivity index (χ2v) is 5.03. The van der Waals surface area contributed by atoms with Crippen LogP contribution in [-0.4, -0.2) is 20.8 Å². The summed E-state index contributed by atoms with van der Waals surface area (Å²) < 4.78 is 0. The van der Waals surface area contributed by atoms with Gasteiger partial charge in [0.2, 0.25) is 5.88 Å². The van der Waals surface area contributed by atoms with Crippen LogP contribution in [-0.2, 0) is 0 Å². The van der Waals surface area contributed by atoms with Crippen LogP contribution in [0, 0.1) is 0 Å². The van der Waals surface area contributed by atoms with E-state index < -0.39 is 0 Å². The van der Waals surface area contributed by atoms with Crippen molar-refractivity contribution in [2.75, 3.05) is 0 Å². The van der Waals surface area contributed by atoms with Crippen LogP contribution < -0.4 is 5.32 Å². The molecule has 0 spiro atoms. The Morgan fingerprint density at radius 3 is 3.19 bits per heavy atom. The minimum atomic E-state index is -0.151. The zero-order chi connectivity index (χ0) is 11.3. The molecule has 3 heterocycles. The topological polar surface area (TPSA) is 55.7 Å². The van der Waals surface area contributed by atoms with Crippen LogP contribution in [0.2, 0.25) is 0 Å². The van der Waals surface area contributed by atoms with Crippen molar-refractivity contribution in [2.24, 2.45) is 0 Å². The number of halogens is 1. The molecular weight excluding hydrogens is 248 g/mol. The third kappa shape index (κ3) is 1.29. The molecule has 84 valence electrons. The van der Waals surface area contributed by atoms with Crippen molar-refractivity contribution in [3.63, 3.8) is 0 Å². The summed E-state index contributed by atoms with van der Waals surface area (Å²) in [7, 11) is 0. The van der Waals surface area contributed by atoms with E-state index in [1.165, 1.54) is 6.08 Å². The summed E-state index contributed by atoms with van der Waals surface area (Å²) in [6.07, 6.45) is 3.96. The number of nitrogens with zero attached hydrogens (tertiary/aromatic N) is 1. The first kappa shape index (κ1) is 10.1. The lowest BCUT2D eigenvalue weighted by Crippen LogP contribution is -2.35. The number of rotatable bonds is 0. The molecule has 0 aromatic carbocycles. The molecule has 0 aromatic heterocycles. The lowest BCUT2D eigenvalue weighted by molar-refractivity contribution is -0.0619. The Hall–Kier alpha value is -1.04. The molecule has 3 N–H and O–H groups in total. The molecule has 6 heteroatoms. The summed E-state index contributed by atoms with van der Waals surface area (Å²) in [4.78, 5) is 0. The van der Waals surface area contributed by atoms with E-state index in [-0.39, 0.29) is 11.3 Å². The van der Waals surface area contributed by atoms with Crippen LogP contribution in [0.25, 0.3) is 0 Å². The smallest absolute Gasteiger partial charge is 0.212 e. The van der Waals surface area contributed by atoms with Gasteiger partial charge >= 0.3 is 0 Å². The quantitative estimate of drug-likeness (QED) is 0.581. The Labute approximate surface area is 102 Å². The van der Waals surface area contributed by atoms with Gasteiger partial charge in [-0.1, -0.05) is 11.6 Å². The fraction of sp³-hybridized carbons (Fsp3) is 0.200. The van der Waals surface area contributed by atoms with E-state index in [4.69, 9.17) is 11.6 Å². The van der Waals surface area contributed by atoms with Gasteiger partial charge in [-0.2, -0.15) is 5.06 Å². The second kappa shape index (κ2) is 3.48. The Kier molecular flexibility index (Phi) is 2.20. The molecule has 3 rings (SSSR count). The van der Waals surface area contributed by atoms with Crippen molar-refractivity contribution in [1.82, 2.24) is 10.4 Å². The summed E-state index contributed by atoms with van der Waals surface area (Å²) in [6, 6.07) is 0. The van der Waals surface area contributed by atoms with Gasteiger partial charge in [0.05, 0.1) is 5.70 Å². The van der Waals surface area contributed by atoms with E-state index in [1.54, 1.807) is 11.8 Å². The maximum Gasteiger partial charge on any atom is 0.212 e. The maximum atomic E-state index is 9.83. The largest absolute Gasteiger partial charge is 0.493 e. The Balaban J connectivity index is 2.19. The van der Waals surface area contributed by atoms with Gasteiger partial charge in [0.25, 0.3) is 0 Å². The standard InChI is InChI=1S/C10H9ClN2O2S/c11-9-5-1-2-7(14)13(15)8(5)6-3-4-16-10(6)12-9/h2-4,10,12,14-15H,1H2. The van der Waals surface area contributed by atoms with Crippen LogP contribution in [0.4, 0.5) is 0 Å². The van der Waals surface area contributed by atoms with E-state index >= 15 is 0 Å². The summed E-state index contributed by atoms with van der Waals surface area (Å²) in [5.41, 5.74) is 2.34. The van der Waals surface area contributed by atoms with E-state index in [0.29, 0.717) is 17.3 Å². The van der Waals surface area contributed by atoms with Crippen molar-refractivity contribution < 1.29 is 10.3 Å². The Morgan fingerprint density at radius 2 is 2.38 bits per heavy atom. The number of aliphatic hydroxyl groups excluding tert-OH is 1. The van der Waals surface area contributed by atoms with E-state index in [9.17, 15) is 10.3 Å². The van der Waals surface area contributed by atoms with Gasteiger partial charge < -0.3 is 10.4 Å². The predicted octanol–water partition coefficient (Wildman–Crippen LogP) is 2.38. The molecule has 0 aliphatic carbocycles. The minimum absolute atomic E-state index is 0.0202. The van der Waals surface area contributed by atoms with E-state index in [1.807, 2.05) is 11.5 Å². The highest BCUT2D eigenvalue weighted by Crippen LogP contribution is 2.42. The monoisotopic (exact) mass is 256 g/mol. The van der Waals surface area contributed by atoms with Gasteiger partial charge in [0.1, 0.15) is 10.5 Å². The first-order valence-corrected chi connectivity index (χ1v) is 6.10. The summed E-state index contributed by atoms with van der Waals surface area (Å²) >= 11 is 7.70. The van der Waals surface area contributed by atoms with Crippen LogP contribution in [0.5, 0.6) is 0 Å². The average molecular weight is 257 g/mol. The van der Waals surface area contributed by atoms with Crippen LogP contribution in [0.3, 0.4) is 0 Å². The molecule has 0 saturated carbocycles. The van der Waals surface area contributed by atoms with Gasteiger partial charge in [0, 0.05) is 17.6 Å². The number of hydroxylamine groups is 2. The van der Waals surface area contributed by atoms with Gasteiger partial charge in [-0.05, 0) is 17.6 Å². The summed E-state index contributed by atoms with van der Waals surface area (Å²) in [5.74, 6) is -0.151. The normalized spacial score (nSPS) is 27.8. The molecular formula is C10H9ClN2O2S. The number of aliphatic hydroxyl groups is 1. The van der Waals surface area contributed by atoms with E-state index in [0.717, 1.165) is 16.2 Å². The van der Waals surface area contributed by atoms with Crippen LogP contribution in [0.1, 0.15) is 6.42 Å². The van der Waals surface area contributed by atoms with Crippen molar-refractivity contribution in [1.29, 1.82) is 0 Å². The molecule has 0 saturated heterocycles. The second-order valence-electron chi connectivity index (χ2n) is 3.64. The van der Waals surface area contributed by atoms with Crippen molar-refractivity contribution >= 4 is 23.4 Å². The van der Waals surface area contributed by atoms with Crippen LogP contribution >= 0.6 is 23.4 Å². The first-order chi connectivity index (χ1) is 7.68. The molecule has 0 aromatic rings. The molecule has 16 heavy (non-hydrogen) atoms. The van der Waals surface area contributed by atoms with E-state index in [2.05, 4.69) is 5.32 Å². The zero-order valence-electron chi connectivity index (χ0n) is 8.14. The number of fused-ring (bicyclic) bond motifs is 2. The highest BCUT2D eigenvalue weighted by Gasteiger charge is 2.34. The third-order valence-electron chi connectivity index (χ3n) is 2.74. The maximum absolute atomic E-state index is 9.83. The fourth-order valence-electron chi connectivity index (χ4n) is 1.98. The molecule has 1 unspecified atom stereocenters. The van der Waals surface area contributed by atoms with Crippen molar-refractivity contribution in [3.8, 4) is 0 Å². The number of thioether (sulfide) groups is 1. The Morgan fingerprint density at radius 1 is 1.56 bits per heavy atom. The highest BCUT2D eigenvalue weighted by molar-refractivity contribution is 8.03. The number of allylic oxidation sites excluding steroid dienone is 2. The van der Waals surface area contributed by atoms with Gasteiger partial charge in [-0.25, -0.2) is 0 Å². The van der Waals surface area contributed by atoms with Gasteiger partial charge in [-0.3, -0.25) is 5.21 Å². The highest BCUT2D eigenvalue weighted by atomic mass is 35.5. The molecule has 1 atom stereocenters. The molecule has 0 fully saturated rings. The molecule has 3 aliphatic heterocycles. The molecule has 3 aliphatic rings. The molecule has 4 nitrogen and oxygen atoms in total. The number of hydrogen-bond donors (Lipinski definition) is 3. The average Bonchev–Trinajstić information content (AvgIpc) is 2.70. The number of nitrogens with one attached hydrogen (secondary N) is 1. The van der Waals surface area contributed by atoms with Crippen LogP contribution in [0.15, 0.2) is 45.4 Å². The van der Waals surface area contributed by atoms with Crippen molar-refractivity contribution in [2.45, 2.75) is 11.8 Å². The zero-order valence-corrected chi connectivity index (χ0v) is 9.72. The van der Waals surface area contributed by atoms with Crippen molar-refractivity contribution in [3.05, 3.63) is 45.4 Å². The SMILES string of the molecule is OC1=CCC2=C(Cl)NC3SC=CC3=C2N1O. The van der Waals surface area contributed by atoms with Gasteiger partial charge in [0.15, 0.2) is 0 Å². The Bertz CT molecular complexity index is 481. The molecule has 0 radical (unpaired) electrons. The lowest BCUT2D eigenvalue weighted by atomic mass is 9.98. The third-order valence-corrected chi connectivity index (χ3v) is 4.02. The molecule has 0 bridgehead atoms. The fourth-order valence-corrected chi connectivity index (χ4v) is 3.22. The summed E-state index contributed by atoms with van der Waals surface area (Å²) in [6.45, 7) is 0. The first-order valence-electron chi connectivity index (χ1n) is 4.78. The predicted molar refractivity (Wildman–Crippen MR) is 62.5 cm³/mol. The summed E-state index contributed by atoms with van der Waals surface area (Å²) in [5, 5.41) is 25.8. The number of hydrogen-bond acceptors (Lipinski definition) is 5. The molecule has 0 amide bonds. The number of dihydropyridines is 1. The minimum Gasteiger partial charge on any atom is -0.493 e. The van der Waals surface area contributed by atoms with Gasteiger partial charge in [-0.15, -0.1) is 11.8 Å².